The van der Waals surface area contributed by atoms with Crippen molar-refractivity contribution in [3.63, 3.8) is 0 Å². The number of amides is 1. The van der Waals surface area contributed by atoms with Gasteiger partial charge in [-0.15, -0.1) is 22.9 Å². The molecule has 322 valence electrons. The van der Waals surface area contributed by atoms with Crippen molar-refractivity contribution < 1.29 is 23.0 Å². The van der Waals surface area contributed by atoms with E-state index in [-0.39, 0.29) is 49.1 Å². The Morgan fingerprint density at radius 3 is 2.52 bits per heavy atom. The molecule has 16 heteroatoms. The minimum Gasteiger partial charge on any atom is -0.463 e. The van der Waals surface area contributed by atoms with E-state index in [4.69, 9.17) is 20.2 Å². The van der Waals surface area contributed by atoms with Gasteiger partial charge in [0.1, 0.15) is 28.2 Å². The van der Waals surface area contributed by atoms with Crippen LogP contribution in [0.2, 0.25) is 0 Å². The van der Waals surface area contributed by atoms with Crippen LogP contribution >= 0.6 is 22.9 Å². The highest BCUT2D eigenvalue weighted by molar-refractivity contribution is 7.23. The number of carbonyl (C=O) groups is 1. The van der Waals surface area contributed by atoms with E-state index >= 15 is 4.39 Å². The van der Waals surface area contributed by atoms with Crippen LogP contribution in [0, 0.1) is 28.4 Å². The van der Waals surface area contributed by atoms with Gasteiger partial charge in [0, 0.05) is 74.6 Å². The molecule has 3 N–H and O–H groups in total. The molecule has 5 aromatic rings. The van der Waals surface area contributed by atoms with Crippen LogP contribution in [0.4, 0.5) is 19.6 Å². The van der Waals surface area contributed by atoms with E-state index in [9.17, 15) is 14.4 Å². The van der Waals surface area contributed by atoms with Crippen LogP contribution in [-0.2, 0) is 17.8 Å². The van der Waals surface area contributed by atoms with Gasteiger partial charge in [-0.3, -0.25) is 9.48 Å². The molecular weight excluding hydrogens is 808 g/mol. The fourth-order valence-electron chi connectivity index (χ4n) is 8.75. The average molecular weight is 865 g/mol. The zero-order valence-corrected chi connectivity index (χ0v) is 36.8. The summed E-state index contributed by atoms with van der Waals surface area (Å²) in [5, 5.41) is 19.1. The molecule has 60 heavy (non-hydrogen) atoms. The van der Waals surface area contributed by atoms with Gasteiger partial charge in [-0.05, 0) is 81.7 Å². The smallest absolute Gasteiger partial charge is 0.319 e. The molecule has 2 atom stereocenters. The lowest BCUT2D eigenvalue weighted by Crippen LogP contribution is -2.49. The van der Waals surface area contributed by atoms with E-state index in [2.05, 4.69) is 38.0 Å². The van der Waals surface area contributed by atoms with Gasteiger partial charge in [0.25, 0.3) is 5.91 Å². The predicted molar refractivity (Wildman–Crippen MR) is 236 cm³/mol. The molecule has 3 aromatic heterocycles. The number of alkyl halides is 1. The molecule has 6 heterocycles. The molecule has 0 radical (unpaired) electrons. The molecule has 1 aliphatic carbocycles. The summed E-state index contributed by atoms with van der Waals surface area (Å²) >= 11 is 5.61. The zero-order chi connectivity index (χ0) is 43.0. The van der Waals surface area contributed by atoms with E-state index in [1.165, 1.54) is 42.7 Å². The molecule has 0 bridgehead atoms. The Balaban J connectivity index is 0.000000543. The normalized spacial score (nSPS) is 19.6. The molecule has 2 unspecified atom stereocenters. The maximum Gasteiger partial charge on any atom is 0.319 e. The van der Waals surface area contributed by atoms with Gasteiger partial charge >= 0.3 is 6.01 Å². The van der Waals surface area contributed by atoms with E-state index in [0.717, 1.165) is 68.9 Å². The van der Waals surface area contributed by atoms with Crippen molar-refractivity contribution in [2.45, 2.75) is 90.8 Å². The Kier molecular flexibility index (Phi) is 15.2. The number of hydrogen-bond donors (Lipinski definition) is 2. The number of aromatic nitrogens is 4. The van der Waals surface area contributed by atoms with Gasteiger partial charge in [-0.25, -0.2) is 8.78 Å². The molecule has 1 saturated carbocycles. The number of nitrogens with one attached hydrogen (secondary N) is 1. The average Bonchev–Trinajstić information content (AvgIpc) is 3.96. The van der Waals surface area contributed by atoms with E-state index in [1.807, 2.05) is 18.5 Å². The lowest BCUT2D eigenvalue weighted by Gasteiger charge is -2.39. The second-order valence-corrected chi connectivity index (χ2v) is 16.5. The molecular formula is C44H56ClF2N9O3S. The third-order valence-electron chi connectivity index (χ3n) is 11.6. The number of benzene rings is 2. The van der Waals surface area contributed by atoms with Crippen molar-refractivity contribution in [2.75, 3.05) is 64.0 Å². The van der Waals surface area contributed by atoms with Crippen molar-refractivity contribution in [1.82, 2.24) is 30.0 Å². The van der Waals surface area contributed by atoms with Crippen molar-refractivity contribution in [3.8, 4) is 23.2 Å². The molecule has 9 rings (SSSR count). The molecule has 1 amide bonds. The number of hydrogen-bond acceptors (Lipinski definition) is 11. The maximum atomic E-state index is 17.0. The molecule has 4 aliphatic rings. The lowest BCUT2D eigenvalue weighted by molar-refractivity contribution is 0.0798. The number of ether oxygens (including phenoxy) is 2. The number of aryl methyl sites for hydroxylation is 1. The first-order valence-electron chi connectivity index (χ1n) is 20.9. The number of nitrogens with zero attached hydrogens (tertiary/aromatic N) is 7. The highest BCUT2D eigenvalue weighted by Gasteiger charge is 2.45. The number of halogens is 3. The third-order valence-corrected chi connectivity index (χ3v) is 12.7. The first kappa shape index (κ1) is 44.9. The Hall–Kier alpha value is -4.62. The van der Waals surface area contributed by atoms with Gasteiger partial charge in [-0.1, -0.05) is 32.4 Å². The van der Waals surface area contributed by atoms with Crippen LogP contribution in [0.1, 0.15) is 93.4 Å². The number of rotatable bonds is 6. The summed E-state index contributed by atoms with van der Waals surface area (Å²) in [7, 11) is 3.39. The second kappa shape index (κ2) is 20.3. The molecule has 3 aliphatic heterocycles. The fraction of sp³-hybridized carbons (Fsp3) is 0.523. The first-order valence-corrected chi connectivity index (χ1v) is 22.5. The number of fused-ring (bicyclic) bond motifs is 4. The summed E-state index contributed by atoms with van der Waals surface area (Å²) in [6.45, 7) is 9.00. The highest BCUT2D eigenvalue weighted by atomic mass is 35.5. The Bertz CT molecular complexity index is 2310. The van der Waals surface area contributed by atoms with Crippen LogP contribution in [0.25, 0.3) is 32.1 Å². The van der Waals surface area contributed by atoms with Gasteiger partial charge in [0.2, 0.25) is 0 Å². The van der Waals surface area contributed by atoms with Crippen LogP contribution in [0.5, 0.6) is 6.01 Å². The van der Waals surface area contributed by atoms with E-state index < -0.39 is 11.6 Å². The van der Waals surface area contributed by atoms with Crippen LogP contribution in [0.3, 0.4) is 0 Å². The maximum absolute atomic E-state index is 17.0. The number of carbonyl (C=O) groups excluding carboxylic acids is 1. The molecule has 0 spiro atoms. The van der Waals surface area contributed by atoms with Crippen LogP contribution in [0.15, 0.2) is 30.3 Å². The van der Waals surface area contributed by atoms with Gasteiger partial charge in [-0.2, -0.15) is 20.3 Å². The van der Waals surface area contributed by atoms with Crippen molar-refractivity contribution in [1.29, 1.82) is 5.26 Å². The summed E-state index contributed by atoms with van der Waals surface area (Å²) in [5.41, 5.74) is 7.97. The minimum absolute atomic E-state index is 0.0338. The number of nitrogens with two attached hydrogens (primary N) is 1. The number of piperidine rings is 1. The Morgan fingerprint density at radius 2 is 1.82 bits per heavy atom. The lowest BCUT2D eigenvalue weighted by atomic mass is 9.76. The number of nitriles is 1. The molecule has 2 saturated heterocycles. The largest absolute Gasteiger partial charge is 0.463 e. The van der Waals surface area contributed by atoms with E-state index in [0.29, 0.717) is 61.2 Å². The summed E-state index contributed by atoms with van der Waals surface area (Å²) in [4.78, 5) is 25.9. The summed E-state index contributed by atoms with van der Waals surface area (Å²) < 4.78 is 45.5. The monoisotopic (exact) mass is 863 g/mol. The second-order valence-electron chi connectivity index (χ2n) is 15.5. The predicted octanol–water partition coefficient (Wildman–Crippen LogP) is 8.92. The van der Waals surface area contributed by atoms with Crippen molar-refractivity contribution >= 4 is 60.7 Å². The Morgan fingerprint density at radius 1 is 1.07 bits per heavy atom. The van der Waals surface area contributed by atoms with Crippen molar-refractivity contribution in [3.05, 3.63) is 58.9 Å². The molecule has 2 aromatic carbocycles. The minimum atomic E-state index is -0.632. The molecule has 3 fully saturated rings. The summed E-state index contributed by atoms with van der Waals surface area (Å²) in [6.07, 6.45) is 11.5. The van der Waals surface area contributed by atoms with Gasteiger partial charge in [0.15, 0.2) is 11.5 Å². The quantitative estimate of drug-likeness (QED) is 0.159. The SMILES string of the molecule is C1CCOCC1.CC.CCl.CN(C)C(=O)c1cc2n(n1)CCCN(c1nc(OCC34CCCNC3CCC4)nc3c(F)c(-c4ccc(F)c5sc(N)c(C#N)c45)ccc13)C2. The van der Waals surface area contributed by atoms with Gasteiger partial charge in [0.05, 0.1) is 29.1 Å². The molecule has 12 nitrogen and oxygen atoms in total. The summed E-state index contributed by atoms with van der Waals surface area (Å²) in [6, 6.07) is 10.5. The number of thiophene rings is 1. The topological polar surface area (TPSA) is 147 Å². The standard InChI is InChI=1S/C36H37F2N9O2S.C5H10O.C2H6.CH3Cl/c1-45(2)34(48)26-16-20-18-46(14-5-15-47(20)44-26)33-23-8-7-22(21-9-10-25(37)31-28(21)24(17-39)32(40)50-31)29(38)30(23)42-35(43-33)49-19-36-11-3-6-27(36)41-13-4-12-36;1-2-4-6-5-3-1;2*1-2/h7-10,16,27,41H,3-6,11-15,18-19,40H2,1-2H3;1-5H2;1-2H3;1H3. The highest BCUT2D eigenvalue weighted by Crippen LogP contribution is 2.46. The van der Waals surface area contributed by atoms with E-state index in [1.54, 1.807) is 32.3 Å². The first-order chi connectivity index (χ1) is 29.2. The summed E-state index contributed by atoms with van der Waals surface area (Å²) in [5.74, 6) is -0.832. The van der Waals surface area contributed by atoms with Gasteiger partial charge < -0.3 is 30.3 Å². The Labute approximate surface area is 360 Å². The number of anilines is 2. The third kappa shape index (κ3) is 9.17. The van der Waals surface area contributed by atoms with Crippen LogP contribution < -0.4 is 20.7 Å². The fourth-order valence-corrected chi connectivity index (χ4v) is 9.70. The number of nitrogen functional groups attached to an aromatic ring is 1. The van der Waals surface area contributed by atoms with Crippen molar-refractivity contribution in [2.24, 2.45) is 5.41 Å². The zero-order valence-electron chi connectivity index (χ0n) is 35.3. The van der Waals surface area contributed by atoms with Crippen LogP contribution in [-0.4, -0.2) is 90.0 Å².